The van der Waals surface area contributed by atoms with E-state index in [1.165, 1.54) is 4.90 Å². The van der Waals surface area contributed by atoms with Crippen LogP contribution >= 0.6 is 0 Å². The fourth-order valence-electron chi connectivity index (χ4n) is 6.33. The Morgan fingerprint density at radius 2 is 1.49 bits per heavy atom. The monoisotopic (exact) mass is 676 g/mol. The first-order valence-corrected chi connectivity index (χ1v) is 17.1. The molecule has 0 bridgehead atoms. The van der Waals surface area contributed by atoms with E-state index in [1.807, 2.05) is 74.5 Å². The summed E-state index contributed by atoms with van der Waals surface area (Å²) >= 11 is 0. The Balaban J connectivity index is 1.80. The summed E-state index contributed by atoms with van der Waals surface area (Å²) in [4.78, 5) is 72.2. The number of hydrogen-bond acceptors (Lipinski definition) is 7. The van der Waals surface area contributed by atoms with Crippen molar-refractivity contribution in [3.63, 3.8) is 0 Å². The number of amides is 2. The van der Waals surface area contributed by atoms with Crippen molar-refractivity contribution >= 4 is 35.3 Å². The fraction of sp³-hybridized carbons (Fsp3) is 0.514. The van der Waals surface area contributed by atoms with Crippen LogP contribution in [-0.4, -0.2) is 76.5 Å². The molecule has 1 aliphatic heterocycles. The van der Waals surface area contributed by atoms with Crippen molar-refractivity contribution in [2.24, 2.45) is 39.9 Å². The van der Waals surface area contributed by atoms with E-state index in [2.05, 4.69) is 10.3 Å². The Labute approximate surface area is 288 Å². The molecule has 1 aliphatic rings. The lowest BCUT2D eigenvalue weighted by atomic mass is 9.87. The first-order chi connectivity index (χ1) is 23.3. The second-order valence-corrected chi connectivity index (χ2v) is 13.4. The van der Waals surface area contributed by atoms with E-state index in [0.29, 0.717) is 38.6 Å². The molecule has 2 aromatic rings. The molecular formula is C37H52N6O6. The van der Waals surface area contributed by atoms with Gasteiger partial charge in [0.15, 0.2) is 17.5 Å². The molecule has 0 radical (unpaired) electrons. The molecule has 0 aromatic heterocycles. The number of Topliss-reactive ketones (excluding diaryl/α,β-unsaturated/α-hetero) is 2. The van der Waals surface area contributed by atoms with Crippen LogP contribution in [0.2, 0.25) is 0 Å². The Bertz CT molecular complexity index is 1430. The number of guanidine groups is 1. The zero-order valence-electron chi connectivity index (χ0n) is 28.6. The number of nitrogens with two attached hydrogens (primary N) is 3. The number of carbonyl (C=O) groups excluding carboxylic acids is 4. The molecule has 3 rings (SSSR count). The summed E-state index contributed by atoms with van der Waals surface area (Å²) in [6.45, 7) is 4.40. The van der Waals surface area contributed by atoms with Crippen LogP contribution in [0.15, 0.2) is 65.7 Å². The summed E-state index contributed by atoms with van der Waals surface area (Å²) < 4.78 is 0. The third kappa shape index (κ3) is 12.8. The number of carboxylic acid groups (broad SMARTS) is 1. The van der Waals surface area contributed by atoms with Gasteiger partial charge >= 0.3 is 5.97 Å². The molecule has 266 valence electrons. The molecule has 0 saturated carbocycles. The van der Waals surface area contributed by atoms with Crippen LogP contribution in [0, 0.1) is 17.8 Å². The summed E-state index contributed by atoms with van der Waals surface area (Å²) in [6, 6.07) is 16.1. The highest BCUT2D eigenvalue weighted by Crippen LogP contribution is 2.25. The summed E-state index contributed by atoms with van der Waals surface area (Å²) in [7, 11) is 0. The molecule has 12 nitrogen and oxygen atoms in total. The Hall–Kier alpha value is -4.58. The average Bonchev–Trinajstić information content (AvgIpc) is 3.56. The Kier molecular flexibility index (Phi) is 15.4. The molecule has 1 saturated heterocycles. The lowest BCUT2D eigenvalue weighted by Crippen LogP contribution is -2.48. The highest BCUT2D eigenvalue weighted by molar-refractivity contribution is 5.95. The van der Waals surface area contributed by atoms with Crippen LogP contribution in [0.4, 0.5) is 0 Å². The minimum atomic E-state index is -1.08. The normalized spacial score (nSPS) is 16.7. The standard InChI is InChI=1S/C37H52N6O6/c1-24(2)19-30(33(45)22-27(15-9-17-41-37(39)40)35(47)43-18-10-16-31(43)36(48)49)42-34(46)28(20-25-11-5-3-6-12-25)23-32(44)29(38)21-26-13-7-4-8-14-26/h3-8,11-14,24,27-31H,9-10,15-23,38H2,1-2H3,(H,42,46)(H,48,49)(H4,39,40,41)/t27-,28-,29+,30+,31+/m0/s1. The number of aliphatic carboxylic acids is 1. The molecule has 1 heterocycles. The van der Waals surface area contributed by atoms with E-state index in [4.69, 9.17) is 17.2 Å². The van der Waals surface area contributed by atoms with Crippen molar-refractivity contribution in [1.29, 1.82) is 0 Å². The predicted octanol–water partition coefficient (Wildman–Crippen LogP) is 2.61. The number of carboxylic acids is 1. The highest BCUT2D eigenvalue weighted by atomic mass is 16.4. The lowest BCUT2D eigenvalue weighted by Gasteiger charge is -2.28. The van der Waals surface area contributed by atoms with Crippen molar-refractivity contribution in [1.82, 2.24) is 10.2 Å². The molecule has 12 heteroatoms. The SMILES string of the molecule is CC(C)C[C@@H](NC(=O)[C@H](CC(=O)[C@H](N)Cc1ccccc1)Cc1ccccc1)C(=O)C[C@H](CCCN=C(N)N)C(=O)N1CCC[C@@H]1C(=O)O. The first-order valence-electron chi connectivity index (χ1n) is 17.1. The minimum Gasteiger partial charge on any atom is -0.480 e. The van der Waals surface area contributed by atoms with E-state index in [-0.39, 0.29) is 55.7 Å². The van der Waals surface area contributed by atoms with Gasteiger partial charge in [-0.25, -0.2) is 4.79 Å². The molecule has 2 amide bonds. The molecule has 1 fully saturated rings. The number of likely N-dealkylation sites (tertiary alicyclic amines) is 1. The van der Waals surface area contributed by atoms with Crippen molar-refractivity contribution in [2.45, 2.75) is 89.8 Å². The van der Waals surface area contributed by atoms with Gasteiger partial charge in [0.2, 0.25) is 11.8 Å². The van der Waals surface area contributed by atoms with E-state index in [0.717, 1.165) is 11.1 Å². The average molecular weight is 677 g/mol. The van der Waals surface area contributed by atoms with Crippen LogP contribution in [0.25, 0.3) is 0 Å². The van der Waals surface area contributed by atoms with Gasteiger partial charge in [0.25, 0.3) is 0 Å². The molecule has 0 aliphatic carbocycles. The molecule has 8 N–H and O–H groups in total. The van der Waals surface area contributed by atoms with E-state index in [9.17, 15) is 29.1 Å². The minimum absolute atomic E-state index is 0.0220. The smallest absolute Gasteiger partial charge is 0.326 e. The second kappa shape index (κ2) is 19.4. The van der Waals surface area contributed by atoms with Crippen molar-refractivity contribution in [3.05, 3.63) is 71.8 Å². The van der Waals surface area contributed by atoms with Crippen LogP contribution in [0.5, 0.6) is 0 Å². The number of hydrogen-bond donors (Lipinski definition) is 5. The van der Waals surface area contributed by atoms with Crippen molar-refractivity contribution < 1.29 is 29.1 Å². The van der Waals surface area contributed by atoms with Gasteiger partial charge in [-0.3, -0.25) is 24.2 Å². The van der Waals surface area contributed by atoms with Gasteiger partial charge in [-0.05, 0) is 62.0 Å². The Morgan fingerprint density at radius 1 is 0.898 bits per heavy atom. The number of rotatable bonds is 20. The molecule has 5 atom stereocenters. The van der Waals surface area contributed by atoms with Gasteiger partial charge in [-0.15, -0.1) is 0 Å². The van der Waals surface area contributed by atoms with Crippen LogP contribution in [0.3, 0.4) is 0 Å². The first kappa shape index (κ1) is 38.9. The van der Waals surface area contributed by atoms with Gasteiger partial charge in [-0.1, -0.05) is 74.5 Å². The lowest BCUT2D eigenvalue weighted by molar-refractivity contribution is -0.150. The topological polar surface area (TPSA) is 211 Å². The van der Waals surface area contributed by atoms with Crippen LogP contribution in [-0.2, 0) is 36.8 Å². The molecule has 49 heavy (non-hydrogen) atoms. The fourth-order valence-corrected chi connectivity index (χ4v) is 6.33. The molecule has 2 aromatic carbocycles. The zero-order valence-corrected chi connectivity index (χ0v) is 28.6. The van der Waals surface area contributed by atoms with Gasteiger partial charge in [0.1, 0.15) is 6.04 Å². The number of carbonyl (C=O) groups is 5. The third-order valence-electron chi connectivity index (χ3n) is 8.89. The maximum atomic E-state index is 14.0. The molecule has 0 unspecified atom stereocenters. The number of aliphatic imine (C=N–C) groups is 1. The van der Waals surface area contributed by atoms with E-state index >= 15 is 0 Å². The zero-order chi connectivity index (χ0) is 35.9. The second-order valence-electron chi connectivity index (χ2n) is 13.4. The summed E-state index contributed by atoms with van der Waals surface area (Å²) in [5.74, 6) is -4.17. The van der Waals surface area contributed by atoms with E-state index < -0.39 is 47.7 Å². The van der Waals surface area contributed by atoms with Crippen LogP contribution < -0.4 is 22.5 Å². The summed E-state index contributed by atoms with van der Waals surface area (Å²) in [5, 5.41) is 12.6. The molecule has 0 spiro atoms. The maximum Gasteiger partial charge on any atom is 0.326 e. The van der Waals surface area contributed by atoms with Crippen LogP contribution in [0.1, 0.15) is 69.9 Å². The predicted molar refractivity (Wildman–Crippen MR) is 188 cm³/mol. The molecular weight excluding hydrogens is 624 g/mol. The van der Waals surface area contributed by atoms with Crippen molar-refractivity contribution in [3.8, 4) is 0 Å². The number of nitrogens with one attached hydrogen (secondary N) is 1. The number of benzene rings is 2. The summed E-state index contributed by atoms with van der Waals surface area (Å²) in [5.41, 5.74) is 19.0. The van der Waals surface area contributed by atoms with Gasteiger partial charge in [0, 0.05) is 37.8 Å². The number of ketones is 2. The van der Waals surface area contributed by atoms with Gasteiger partial charge in [-0.2, -0.15) is 0 Å². The largest absolute Gasteiger partial charge is 0.480 e. The maximum absolute atomic E-state index is 14.0. The summed E-state index contributed by atoms with van der Waals surface area (Å²) in [6.07, 6.45) is 2.21. The van der Waals surface area contributed by atoms with Gasteiger partial charge < -0.3 is 32.5 Å². The van der Waals surface area contributed by atoms with Crippen molar-refractivity contribution in [2.75, 3.05) is 13.1 Å². The number of nitrogens with zero attached hydrogens (tertiary/aromatic N) is 2. The van der Waals surface area contributed by atoms with E-state index in [1.54, 1.807) is 0 Å². The quantitative estimate of drug-likeness (QED) is 0.0791. The third-order valence-corrected chi connectivity index (χ3v) is 8.89. The van der Waals surface area contributed by atoms with Gasteiger partial charge in [0.05, 0.1) is 12.1 Å². The Morgan fingerprint density at radius 3 is 2.06 bits per heavy atom. The highest BCUT2D eigenvalue weighted by Gasteiger charge is 2.38.